The molecule has 0 aromatic heterocycles. The highest BCUT2D eigenvalue weighted by atomic mass is 19.1. The molecule has 1 saturated carbocycles. The topological polar surface area (TPSA) is 55.5 Å². The van der Waals surface area contributed by atoms with Crippen LogP contribution in [0.15, 0.2) is 18.2 Å². The Labute approximate surface area is 119 Å². The van der Waals surface area contributed by atoms with E-state index in [1.807, 2.05) is 0 Å². The SMILES string of the molecule is C[C@H](N)c1ccc(OCC(O)CC2CCCC2)cc1F. The molecule has 0 radical (unpaired) electrons. The Bertz CT molecular complexity index is 430. The average Bonchev–Trinajstić information content (AvgIpc) is 2.89. The monoisotopic (exact) mass is 281 g/mol. The van der Waals surface area contributed by atoms with Crippen LogP contribution in [0.2, 0.25) is 0 Å². The van der Waals surface area contributed by atoms with Gasteiger partial charge in [-0.3, -0.25) is 0 Å². The lowest BCUT2D eigenvalue weighted by atomic mass is 10.0. The van der Waals surface area contributed by atoms with E-state index in [-0.39, 0.29) is 18.5 Å². The maximum atomic E-state index is 13.7. The summed E-state index contributed by atoms with van der Waals surface area (Å²) in [5, 5.41) is 9.94. The summed E-state index contributed by atoms with van der Waals surface area (Å²) >= 11 is 0. The van der Waals surface area contributed by atoms with Crippen molar-refractivity contribution >= 4 is 0 Å². The first-order valence-corrected chi connectivity index (χ1v) is 7.42. The van der Waals surface area contributed by atoms with Crippen LogP contribution in [0.25, 0.3) is 0 Å². The molecule has 2 atom stereocenters. The highest BCUT2D eigenvalue weighted by molar-refractivity contribution is 5.30. The number of benzene rings is 1. The van der Waals surface area contributed by atoms with Crippen LogP contribution in [0.1, 0.15) is 50.6 Å². The number of hydrogen-bond donors (Lipinski definition) is 2. The summed E-state index contributed by atoms with van der Waals surface area (Å²) in [6.07, 6.45) is 5.24. The number of hydrogen-bond acceptors (Lipinski definition) is 3. The Kier molecular flexibility index (Phi) is 5.38. The van der Waals surface area contributed by atoms with E-state index < -0.39 is 6.10 Å². The number of aliphatic hydroxyl groups is 1. The van der Waals surface area contributed by atoms with Gasteiger partial charge >= 0.3 is 0 Å². The second-order valence-corrected chi connectivity index (χ2v) is 5.82. The van der Waals surface area contributed by atoms with Crippen molar-refractivity contribution in [3.05, 3.63) is 29.6 Å². The first-order chi connectivity index (χ1) is 9.56. The van der Waals surface area contributed by atoms with Crippen LogP contribution in [0.5, 0.6) is 5.75 Å². The number of rotatable bonds is 6. The second-order valence-electron chi connectivity index (χ2n) is 5.82. The molecule has 3 N–H and O–H groups in total. The standard InChI is InChI=1S/C16H24FNO2/c1-11(18)15-7-6-14(9-16(15)17)20-10-13(19)8-12-4-2-3-5-12/h6-7,9,11-13,19H,2-5,8,10,18H2,1H3/t11-,13?/m0/s1. The molecular formula is C16H24FNO2. The summed E-state index contributed by atoms with van der Waals surface area (Å²) in [7, 11) is 0. The third kappa shape index (κ3) is 4.18. The Morgan fingerprint density at radius 2 is 2.10 bits per heavy atom. The number of nitrogens with two attached hydrogens (primary N) is 1. The Morgan fingerprint density at radius 1 is 1.40 bits per heavy atom. The van der Waals surface area contributed by atoms with Crippen LogP contribution in [-0.4, -0.2) is 17.8 Å². The molecule has 0 amide bonds. The van der Waals surface area contributed by atoms with Crippen molar-refractivity contribution in [1.82, 2.24) is 0 Å². The third-order valence-electron chi connectivity index (χ3n) is 3.99. The van der Waals surface area contributed by atoms with Gasteiger partial charge < -0.3 is 15.6 Å². The molecular weight excluding hydrogens is 257 g/mol. The van der Waals surface area contributed by atoms with Crippen LogP contribution in [0.4, 0.5) is 4.39 Å². The minimum atomic E-state index is -0.478. The fraction of sp³-hybridized carbons (Fsp3) is 0.625. The van der Waals surface area contributed by atoms with E-state index in [9.17, 15) is 9.50 Å². The Hall–Kier alpha value is -1.13. The van der Waals surface area contributed by atoms with Gasteiger partial charge in [-0.2, -0.15) is 0 Å². The zero-order chi connectivity index (χ0) is 14.5. The molecule has 0 heterocycles. The van der Waals surface area contributed by atoms with Crippen molar-refractivity contribution in [1.29, 1.82) is 0 Å². The van der Waals surface area contributed by atoms with Gasteiger partial charge in [-0.25, -0.2) is 4.39 Å². The van der Waals surface area contributed by atoms with Crippen molar-refractivity contribution in [3.63, 3.8) is 0 Å². The van der Waals surface area contributed by atoms with E-state index in [0.717, 1.165) is 6.42 Å². The molecule has 1 fully saturated rings. The first-order valence-electron chi connectivity index (χ1n) is 7.42. The Balaban J connectivity index is 1.82. The molecule has 1 aliphatic rings. The fourth-order valence-corrected chi connectivity index (χ4v) is 2.86. The minimum Gasteiger partial charge on any atom is -0.491 e. The molecule has 2 rings (SSSR count). The van der Waals surface area contributed by atoms with E-state index in [0.29, 0.717) is 17.2 Å². The maximum Gasteiger partial charge on any atom is 0.131 e. The molecule has 3 nitrogen and oxygen atoms in total. The summed E-state index contributed by atoms with van der Waals surface area (Å²) in [6.45, 7) is 1.96. The van der Waals surface area contributed by atoms with E-state index in [1.54, 1.807) is 19.1 Å². The average molecular weight is 281 g/mol. The molecule has 0 saturated heterocycles. The quantitative estimate of drug-likeness (QED) is 0.842. The van der Waals surface area contributed by atoms with Gasteiger partial charge in [0.2, 0.25) is 0 Å². The number of halogens is 1. The molecule has 1 aromatic rings. The normalized spacial score (nSPS) is 19.0. The summed E-state index contributed by atoms with van der Waals surface area (Å²) in [5.74, 6) is 0.700. The van der Waals surface area contributed by atoms with Crippen LogP contribution in [0, 0.1) is 11.7 Å². The van der Waals surface area contributed by atoms with E-state index in [1.165, 1.54) is 31.7 Å². The number of aliphatic hydroxyl groups excluding tert-OH is 1. The summed E-state index contributed by atoms with van der Waals surface area (Å²) in [6, 6.07) is 4.33. The Morgan fingerprint density at radius 3 is 2.70 bits per heavy atom. The highest BCUT2D eigenvalue weighted by Gasteiger charge is 2.19. The molecule has 0 spiro atoms. The van der Waals surface area contributed by atoms with Crippen molar-refractivity contribution in [2.75, 3.05) is 6.61 Å². The smallest absolute Gasteiger partial charge is 0.131 e. The van der Waals surface area contributed by atoms with Crippen LogP contribution < -0.4 is 10.5 Å². The lowest BCUT2D eigenvalue weighted by Gasteiger charge is -2.16. The summed E-state index contributed by atoms with van der Waals surface area (Å²) in [5.41, 5.74) is 6.13. The second kappa shape index (κ2) is 7.04. The first kappa shape index (κ1) is 15.3. The van der Waals surface area contributed by atoms with E-state index >= 15 is 0 Å². The van der Waals surface area contributed by atoms with Gasteiger partial charge in [-0.05, 0) is 25.3 Å². The lowest BCUT2D eigenvalue weighted by Crippen LogP contribution is -2.20. The van der Waals surface area contributed by atoms with Crippen molar-refractivity contribution in [3.8, 4) is 5.75 Å². The molecule has 0 aliphatic heterocycles. The van der Waals surface area contributed by atoms with Crippen molar-refractivity contribution in [2.24, 2.45) is 11.7 Å². The van der Waals surface area contributed by atoms with Crippen LogP contribution in [-0.2, 0) is 0 Å². The molecule has 1 aromatic carbocycles. The van der Waals surface area contributed by atoms with Gasteiger partial charge in [0.05, 0.1) is 6.10 Å². The lowest BCUT2D eigenvalue weighted by molar-refractivity contribution is 0.0853. The van der Waals surface area contributed by atoms with Gasteiger partial charge in [0.1, 0.15) is 18.2 Å². The van der Waals surface area contributed by atoms with Gasteiger partial charge in [0.25, 0.3) is 0 Å². The zero-order valence-corrected chi connectivity index (χ0v) is 12.0. The maximum absolute atomic E-state index is 13.7. The highest BCUT2D eigenvalue weighted by Crippen LogP contribution is 2.28. The minimum absolute atomic E-state index is 0.216. The zero-order valence-electron chi connectivity index (χ0n) is 12.0. The molecule has 112 valence electrons. The van der Waals surface area contributed by atoms with Crippen molar-refractivity contribution < 1.29 is 14.2 Å². The molecule has 0 bridgehead atoms. The molecule has 1 aliphatic carbocycles. The molecule has 1 unspecified atom stereocenters. The number of ether oxygens (including phenoxy) is 1. The largest absolute Gasteiger partial charge is 0.491 e. The molecule has 4 heteroatoms. The van der Waals surface area contributed by atoms with Crippen molar-refractivity contribution in [2.45, 2.75) is 51.2 Å². The fourth-order valence-electron chi connectivity index (χ4n) is 2.86. The predicted molar refractivity (Wildman–Crippen MR) is 77.1 cm³/mol. The van der Waals surface area contributed by atoms with Gasteiger partial charge in [-0.15, -0.1) is 0 Å². The van der Waals surface area contributed by atoms with Gasteiger partial charge in [-0.1, -0.05) is 31.7 Å². The van der Waals surface area contributed by atoms with Gasteiger partial charge in [0.15, 0.2) is 0 Å². The molecule has 20 heavy (non-hydrogen) atoms. The third-order valence-corrected chi connectivity index (χ3v) is 3.99. The summed E-state index contributed by atoms with van der Waals surface area (Å²) < 4.78 is 19.2. The predicted octanol–water partition coefficient (Wildman–Crippen LogP) is 3.17. The van der Waals surface area contributed by atoms with Crippen LogP contribution >= 0.6 is 0 Å². The van der Waals surface area contributed by atoms with E-state index in [4.69, 9.17) is 10.5 Å². The van der Waals surface area contributed by atoms with Gasteiger partial charge in [0, 0.05) is 17.7 Å². The summed E-state index contributed by atoms with van der Waals surface area (Å²) in [4.78, 5) is 0. The van der Waals surface area contributed by atoms with E-state index in [2.05, 4.69) is 0 Å². The van der Waals surface area contributed by atoms with Crippen LogP contribution in [0.3, 0.4) is 0 Å².